The predicted octanol–water partition coefficient (Wildman–Crippen LogP) is 4.71. The summed E-state index contributed by atoms with van der Waals surface area (Å²) < 4.78 is 19.4. The van der Waals surface area contributed by atoms with Crippen molar-refractivity contribution in [2.45, 2.75) is 52.2 Å². The maximum Gasteiger partial charge on any atom is 0.410 e. The monoisotopic (exact) mass is 386 g/mol. The number of anilines is 1. The number of halogens is 2. The Balaban J connectivity index is 1.99. The number of aryl methyl sites for hydroxylation is 1. The fourth-order valence-corrected chi connectivity index (χ4v) is 3.02. The van der Waals surface area contributed by atoms with E-state index in [2.05, 4.69) is 21.2 Å². The van der Waals surface area contributed by atoms with Crippen LogP contribution in [-0.2, 0) is 4.74 Å². The van der Waals surface area contributed by atoms with Crippen molar-refractivity contribution in [1.82, 2.24) is 4.90 Å². The molecule has 1 saturated heterocycles. The number of ether oxygens (including phenoxy) is 1. The third kappa shape index (κ3) is 4.83. The Morgan fingerprint density at radius 2 is 2.17 bits per heavy atom. The van der Waals surface area contributed by atoms with Crippen LogP contribution in [0, 0.1) is 12.7 Å². The molecule has 1 N–H and O–H groups in total. The zero-order valence-electron chi connectivity index (χ0n) is 14.1. The number of amides is 1. The second-order valence-corrected chi connectivity index (χ2v) is 7.79. The molecule has 1 aromatic carbocycles. The van der Waals surface area contributed by atoms with Gasteiger partial charge in [0.15, 0.2) is 0 Å². The molecule has 2 rings (SSSR count). The molecule has 1 fully saturated rings. The summed E-state index contributed by atoms with van der Waals surface area (Å²) in [5.41, 5.74) is 1.22. The summed E-state index contributed by atoms with van der Waals surface area (Å²) in [5.74, 6) is -0.274. The lowest BCUT2D eigenvalue weighted by Crippen LogP contribution is -2.42. The number of hydrogen-bond donors (Lipinski definition) is 1. The Kier molecular flexibility index (Phi) is 5.55. The maximum atomic E-state index is 13.5. The predicted molar refractivity (Wildman–Crippen MR) is 93.3 cm³/mol. The Morgan fingerprint density at radius 3 is 2.83 bits per heavy atom. The number of likely N-dealkylation sites (tertiary alicyclic amines) is 1. The molecule has 1 aromatic rings. The van der Waals surface area contributed by atoms with Gasteiger partial charge in [0.2, 0.25) is 0 Å². The van der Waals surface area contributed by atoms with Crippen molar-refractivity contribution in [3.05, 3.63) is 28.0 Å². The molecule has 4 nitrogen and oxygen atoms in total. The van der Waals surface area contributed by atoms with E-state index in [-0.39, 0.29) is 18.0 Å². The molecule has 128 valence electrons. The number of rotatable bonds is 3. The molecule has 1 atom stereocenters. The molecular formula is C17H24BrFN2O2. The number of benzene rings is 1. The molecule has 0 aromatic heterocycles. The third-order valence-electron chi connectivity index (χ3n) is 3.80. The number of nitrogens with one attached hydrogen (secondary N) is 1. The van der Waals surface area contributed by atoms with Crippen molar-refractivity contribution < 1.29 is 13.9 Å². The van der Waals surface area contributed by atoms with E-state index < -0.39 is 5.60 Å². The first-order valence-corrected chi connectivity index (χ1v) is 8.66. The van der Waals surface area contributed by atoms with Crippen LogP contribution in [0.4, 0.5) is 14.9 Å². The Morgan fingerprint density at radius 1 is 1.48 bits per heavy atom. The van der Waals surface area contributed by atoms with Crippen LogP contribution in [0.2, 0.25) is 0 Å². The molecule has 0 spiro atoms. The Hall–Kier alpha value is -1.30. The first-order valence-electron chi connectivity index (χ1n) is 7.86. The first-order chi connectivity index (χ1) is 10.7. The zero-order chi connectivity index (χ0) is 17.2. The van der Waals surface area contributed by atoms with E-state index in [0.29, 0.717) is 17.6 Å². The van der Waals surface area contributed by atoms with Gasteiger partial charge in [-0.2, -0.15) is 0 Å². The van der Waals surface area contributed by atoms with E-state index in [1.165, 1.54) is 6.07 Å². The normalized spacial score (nSPS) is 18.2. The lowest BCUT2D eigenvalue weighted by molar-refractivity contribution is 0.0235. The van der Waals surface area contributed by atoms with Gasteiger partial charge in [0.25, 0.3) is 0 Å². The van der Waals surface area contributed by atoms with Crippen molar-refractivity contribution >= 4 is 27.7 Å². The Bertz CT molecular complexity index is 587. The number of nitrogens with zero attached hydrogens (tertiary/aromatic N) is 1. The average Bonchev–Trinajstić information content (AvgIpc) is 2.88. The van der Waals surface area contributed by atoms with Crippen LogP contribution in [0.3, 0.4) is 0 Å². The molecule has 6 heteroatoms. The fraction of sp³-hybridized carbons (Fsp3) is 0.588. The minimum atomic E-state index is -0.490. The molecule has 1 aliphatic heterocycles. The second-order valence-electron chi connectivity index (χ2n) is 6.93. The van der Waals surface area contributed by atoms with Crippen LogP contribution < -0.4 is 5.32 Å². The highest BCUT2D eigenvalue weighted by atomic mass is 79.9. The highest BCUT2D eigenvalue weighted by Crippen LogP contribution is 2.26. The summed E-state index contributed by atoms with van der Waals surface area (Å²) in [6.45, 7) is 8.80. The van der Waals surface area contributed by atoms with Crippen LogP contribution in [0.5, 0.6) is 0 Å². The van der Waals surface area contributed by atoms with Gasteiger partial charge < -0.3 is 15.0 Å². The molecule has 0 saturated carbocycles. The molecule has 1 unspecified atom stereocenters. The van der Waals surface area contributed by atoms with Crippen molar-refractivity contribution in [2.24, 2.45) is 0 Å². The highest BCUT2D eigenvalue weighted by molar-refractivity contribution is 9.10. The fourth-order valence-electron chi connectivity index (χ4n) is 2.67. The van der Waals surface area contributed by atoms with Gasteiger partial charge in [-0.05, 0) is 74.2 Å². The van der Waals surface area contributed by atoms with Crippen LogP contribution >= 0.6 is 15.9 Å². The molecular weight excluding hydrogens is 363 g/mol. The van der Waals surface area contributed by atoms with Gasteiger partial charge in [-0.3, -0.25) is 0 Å². The number of carbonyl (C=O) groups is 1. The molecule has 1 amide bonds. The molecule has 1 aliphatic rings. The summed E-state index contributed by atoms with van der Waals surface area (Å²) in [5, 5.41) is 3.32. The topological polar surface area (TPSA) is 41.6 Å². The Labute approximate surface area is 145 Å². The minimum Gasteiger partial charge on any atom is -0.444 e. The highest BCUT2D eigenvalue weighted by Gasteiger charge is 2.32. The second kappa shape index (κ2) is 7.07. The number of hydrogen-bond acceptors (Lipinski definition) is 3. The van der Waals surface area contributed by atoms with Crippen LogP contribution in [0.1, 0.15) is 39.2 Å². The molecule has 23 heavy (non-hydrogen) atoms. The SMILES string of the molecule is Cc1cc(F)c(Br)cc1NCC1CCCN1C(=O)OC(C)(C)C. The first kappa shape index (κ1) is 18.0. The average molecular weight is 387 g/mol. The van der Waals surface area contributed by atoms with Gasteiger partial charge in [0.1, 0.15) is 11.4 Å². The minimum absolute atomic E-state index is 0.0908. The molecule has 0 aliphatic carbocycles. The molecule has 1 heterocycles. The summed E-state index contributed by atoms with van der Waals surface area (Å²) in [4.78, 5) is 14.1. The standard InChI is InChI=1S/C17H24BrFN2O2/c1-11-8-14(19)13(18)9-15(11)20-10-12-6-5-7-21(12)16(22)23-17(2,3)4/h8-9,12,20H,5-7,10H2,1-4H3. The van der Waals surface area contributed by atoms with Crippen molar-refractivity contribution in [1.29, 1.82) is 0 Å². The van der Waals surface area contributed by atoms with Crippen molar-refractivity contribution in [3.63, 3.8) is 0 Å². The van der Waals surface area contributed by atoms with E-state index in [9.17, 15) is 9.18 Å². The van der Waals surface area contributed by atoms with Crippen LogP contribution in [-0.4, -0.2) is 35.7 Å². The maximum absolute atomic E-state index is 13.5. The third-order valence-corrected chi connectivity index (χ3v) is 4.41. The smallest absolute Gasteiger partial charge is 0.410 e. The lowest BCUT2D eigenvalue weighted by atomic mass is 10.1. The summed E-state index contributed by atoms with van der Waals surface area (Å²) in [6.07, 6.45) is 1.64. The molecule has 0 bridgehead atoms. The van der Waals surface area contributed by atoms with E-state index in [1.54, 1.807) is 11.0 Å². The van der Waals surface area contributed by atoms with Gasteiger partial charge in [0, 0.05) is 18.8 Å². The molecule has 0 radical (unpaired) electrons. The van der Waals surface area contributed by atoms with Crippen LogP contribution in [0.15, 0.2) is 16.6 Å². The van der Waals surface area contributed by atoms with E-state index in [4.69, 9.17) is 4.74 Å². The summed E-state index contributed by atoms with van der Waals surface area (Å²) in [6, 6.07) is 3.32. The van der Waals surface area contributed by atoms with Gasteiger partial charge in [-0.25, -0.2) is 9.18 Å². The van der Waals surface area contributed by atoms with Crippen LogP contribution in [0.25, 0.3) is 0 Å². The van der Waals surface area contributed by atoms with E-state index in [0.717, 1.165) is 24.1 Å². The van der Waals surface area contributed by atoms with Gasteiger partial charge >= 0.3 is 6.09 Å². The lowest BCUT2D eigenvalue weighted by Gasteiger charge is -2.29. The quantitative estimate of drug-likeness (QED) is 0.817. The zero-order valence-corrected chi connectivity index (χ0v) is 15.7. The van der Waals surface area contributed by atoms with Crippen molar-refractivity contribution in [3.8, 4) is 0 Å². The summed E-state index contributed by atoms with van der Waals surface area (Å²) >= 11 is 3.20. The van der Waals surface area contributed by atoms with E-state index in [1.807, 2.05) is 27.7 Å². The van der Waals surface area contributed by atoms with Gasteiger partial charge in [-0.15, -0.1) is 0 Å². The van der Waals surface area contributed by atoms with Gasteiger partial charge in [-0.1, -0.05) is 0 Å². The van der Waals surface area contributed by atoms with Gasteiger partial charge in [0.05, 0.1) is 10.5 Å². The van der Waals surface area contributed by atoms with Crippen molar-refractivity contribution in [2.75, 3.05) is 18.4 Å². The summed E-state index contributed by atoms with van der Waals surface area (Å²) in [7, 11) is 0. The largest absolute Gasteiger partial charge is 0.444 e. The van der Waals surface area contributed by atoms with E-state index >= 15 is 0 Å². The number of carbonyl (C=O) groups excluding carboxylic acids is 1.